The highest BCUT2D eigenvalue weighted by Gasteiger charge is 2.28. The van der Waals surface area contributed by atoms with Gasteiger partial charge in [-0.2, -0.15) is 0 Å². The summed E-state index contributed by atoms with van der Waals surface area (Å²) >= 11 is 0. The van der Waals surface area contributed by atoms with Crippen molar-refractivity contribution >= 4 is 5.91 Å². The lowest BCUT2D eigenvalue weighted by molar-refractivity contribution is -0.131. The van der Waals surface area contributed by atoms with Gasteiger partial charge in [0.05, 0.1) is 12.1 Å². The van der Waals surface area contributed by atoms with Crippen molar-refractivity contribution in [1.82, 2.24) is 10.2 Å². The molecule has 4 heteroatoms. The molecule has 1 aliphatic rings. The first-order valence-electron chi connectivity index (χ1n) is 5.75. The zero-order chi connectivity index (χ0) is 11.4. The van der Waals surface area contributed by atoms with Gasteiger partial charge in [0.1, 0.15) is 0 Å². The Hall–Kier alpha value is -0.610. The fourth-order valence-corrected chi connectivity index (χ4v) is 2.01. The minimum absolute atomic E-state index is 0.0919. The number of nitrogens with one attached hydrogen (secondary N) is 1. The molecule has 3 atom stereocenters. The monoisotopic (exact) mass is 214 g/mol. The first-order valence-corrected chi connectivity index (χ1v) is 5.75. The molecule has 15 heavy (non-hydrogen) atoms. The smallest absolute Gasteiger partial charge is 0.239 e. The Morgan fingerprint density at radius 1 is 1.60 bits per heavy atom. The van der Waals surface area contributed by atoms with Crippen LogP contribution in [0.2, 0.25) is 0 Å². The van der Waals surface area contributed by atoms with E-state index in [9.17, 15) is 9.90 Å². The molecule has 1 rings (SSSR count). The van der Waals surface area contributed by atoms with Crippen molar-refractivity contribution < 1.29 is 9.90 Å². The van der Waals surface area contributed by atoms with Crippen LogP contribution in [0.5, 0.6) is 0 Å². The Bertz CT molecular complexity index is 221. The molecule has 0 saturated heterocycles. The molecule has 1 saturated carbocycles. The first-order chi connectivity index (χ1) is 7.06. The van der Waals surface area contributed by atoms with Gasteiger partial charge in [0, 0.05) is 19.6 Å². The van der Waals surface area contributed by atoms with Crippen LogP contribution in [0.25, 0.3) is 0 Å². The maximum absolute atomic E-state index is 11.8. The Morgan fingerprint density at radius 3 is 2.73 bits per heavy atom. The standard InChI is InChI=1S/C11H22N2O2/c1-4-13(3)11(15)8(2)12-9-6-5-7-10(9)14/h8-10,12,14H,4-7H2,1-3H3/t8?,9-,10-/m1/s1. The molecule has 1 fully saturated rings. The molecule has 0 aromatic heterocycles. The van der Waals surface area contributed by atoms with Gasteiger partial charge < -0.3 is 15.3 Å². The minimum Gasteiger partial charge on any atom is -0.392 e. The summed E-state index contributed by atoms with van der Waals surface area (Å²) in [5, 5.41) is 12.8. The van der Waals surface area contributed by atoms with Gasteiger partial charge in [-0.25, -0.2) is 0 Å². The zero-order valence-electron chi connectivity index (χ0n) is 9.86. The topological polar surface area (TPSA) is 52.6 Å². The molecule has 88 valence electrons. The van der Waals surface area contributed by atoms with Gasteiger partial charge in [-0.3, -0.25) is 4.79 Å². The zero-order valence-corrected chi connectivity index (χ0v) is 9.86. The summed E-state index contributed by atoms with van der Waals surface area (Å²) in [6.45, 7) is 4.53. The third-order valence-electron chi connectivity index (χ3n) is 3.16. The number of amides is 1. The summed E-state index contributed by atoms with van der Waals surface area (Å²) in [6.07, 6.45) is 2.58. The van der Waals surface area contributed by atoms with Crippen LogP contribution < -0.4 is 5.32 Å². The highest BCUT2D eigenvalue weighted by molar-refractivity contribution is 5.81. The van der Waals surface area contributed by atoms with E-state index in [0.29, 0.717) is 0 Å². The average molecular weight is 214 g/mol. The van der Waals surface area contributed by atoms with E-state index in [-0.39, 0.29) is 24.1 Å². The van der Waals surface area contributed by atoms with Gasteiger partial charge in [0.15, 0.2) is 0 Å². The van der Waals surface area contributed by atoms with Crippen LogP contribution in [0, 0.1) is 0 Å². The first kappa shape index (κ1) is 12.5. The lowest BCUT2D eigenvalue weighted by Gasteiger charge is -2.25. The largest absolute Gasteiger partial charge is 0.392 e. The quantitative estimate of drug-likeness (QED) is 0.710. The summed E-state index contributed by atoms with van der Waals surface area (Å²) in [5.74, 6) is 0.0941. The Labute approximate surface area is 91.6 Å². The predicted octanol–water partition coefficient (Wildman–Crippen LogP) is 0.356. The summed E-state index contributed by atoms with van der Waals surface area (Å²) in [5.41, 5.74) is 0. The molecule has 0 aromatic carbocycles. The number of carbonyl (C=O) groups is 1. The second-order valence-corrected chi connectivity index (χ2v) is 4.35. The molecular weight excluding hydrogens is 192 g/mol. The molecule has 0 aliphatic heterocycles. The molecule has 1 unspecified atom stereocenters. The number of aliphatic hydroxyl groups is 1. The third kappa shape index (κ3) is 3.18. The van der Waals surface area contributed by atoms with Crippen molar-refractivity contribution in [3.05, 3.63) is 0 Å². The molecular formula is C11H22N2O2. The summed E-state index contributed by atoms with van der Waals surface area (Å²) in [7, 11) is 1.80. The van der Waals surface area contributed by atoms with Gasteiger partial charge in [-0.1, -0.05) is 0 Å². The summed E-state index contributed by atoms with van der Waals surface area (Å²) in [4.78, 5) is 13.4. The minimum atomic E-state index is -0.285. The van der Waals surface area contributed by atoms with Gasteiger partial charge in [-0.15, -0.1) is 0 Å². The van der Waals surface area contributed by atoms with Crippen molar-refractivity contribution in [2.24, 2.45) is 0 Å². The van der Waals surface area contributed by atoms with Crippen molar-refractivity contribution in [2.45, 2.75) is 51.3 Å². The number of aliphatic hydroxyl groups excluding tert-OH is 1. The highest BCUT2D eigenvalue weighted by Crippen LogP contribution is 2.19. The predicted molar refractivity (Wildman–Crippen MR) is 59.6 cm³/mol. The average Bonchev–Trinajstić information content (AvgIpc) is 2.62. The van der Waals surface area contributed by atoms with E-state index < -0.39 is 0 Å². The SMILES string of the molecule is CCN(C)C(=O)C(C)N[C@@H]1CCC[C@H]1O. The van der Waals surface area contributed by atoms with Gasteiger partial charge in [0.25, 0.3) is 0 Å². The van der Waals surface area contributed by atoms with E-state index in [4.69, 9.17) is 0 Å². The van der Waals surface area contributed by atoms with E-state index in [1.54, 1.807) is 11.9 Å². The van der Waals surface area contributed by atoms with E-state index in [1.807, 2.05) is 13.8 Å². The lowest BCUT2D eigenvalue weighted by atomic mass is 10.1. The van der Waals surface area contributed by atoms with E-state index in [1.165, 1.54) is 0 Å². The molecule has 1 amide bonds. The van der Waals surface area contributed by atoms with Crippen LogP contribution >= 0.6 is 0 Å². The molecule has 0 heterocycles. The fourth-order valence-electron chi connectivity index (χ4n) is 2.01. The number of likely N-dealkylation sites (N-methyl/N-ethyl adjacent to an activating group) is 1. The van der Waals surface area contributed by atoms with Crippen molar-refractivity contribution in [2.75, 3.05) is 13.6 Å². The van der Waals surface area contributed by atoms with Crippen LogP contribution in [0.1, 0.15) is 33.1 Å². The van der Waals surface area contributed by atoms with Gasteiger partial charge >= 0.3 is 0 Å². The Morgan fingerprint density at radius 2 is 2.27 bits per heavy atom. The molecule has 0 bridgehead atoms. The molecule has 1 aliphatic carbocycles. The molecule has 2 N–H and O–H groups in total. The number of carbonyl (C=O) groups excluding carboxylic acids is 1. The van der Waals surface area contributed by atoms with Crippen LogP contribution in [0.4, 0.5) is 0 Å². The summed E-state index contributed by atoms with van der Waals surface area (Å²) < 4.78 is 0. The van der Waals surface area contributed by atoms with Crippen LogP contribution in [0.15, 0.2) is 0 Å². The van der Waals surface area contributed by atoms with Crippen LogP contribution in [-0.4, -0.2) is 47.7 Å². The number of rotatable bonds is 4. The van der Waals surface area contributed by atoms with Crippen molar-refractivity contribution in [3.63, 3.8) is 0 Å². The number of hydrogen-bond acceptors (Lipinski definition) is 3. The summed E-state index contributed by atoms with van der Waals surface area (Å²) in [6, 6.07) is -0.109. The second-order valence-electron chi connectivity index (χ2n) is 4.35. The van der Waals surface area contributed by atoms with Gasteiger partial charge in [-0.05, 0) is 33.1 Å². The Kier molecular flexibility index (Phi) is 4.54. The van der Waals surface area contributed by atoms with Crippen LogP contribution in [-0.2, 0) is 4.79 Å². The van der Waals surface area contributed by atoms with E-state index >= 15 is 0 Å². The Balaban J connectivity index is 2.40. The highest BCUT2D eigenvalue weighted by atomic mass is 16.3. The van der Waals surface area contributed by atoms with Crippen molar-refractivity contribution in [3.8, 4) is 0 Å². The fraction of sp³-hybridized carbons (Fsp3) is 0.909. The molecule has 4 nitrogen and oxygen atoms in total. The molecule has 0 radical (unpaired) electrons. The maximum Gasteiger partial charge on any atom is 0.239 e. The van der Waals surface area contributed by atoms with Crippen molar-refractivity contribution in [1.29, 1.82) is 0 Å². The third-order valence-corrected chi connectivity index (χ3v) is 3.16. The van der Waals surface area contributed by atoms with Crippen LogP contribution in [0.3, 0.4) is 0 Å². The lowest BCUT2D eigenvalue weighted by Crippen LogP contribution is -2.49. The second kappa shape index (κ2) is 5.47. The van der Waals surface area contributed by atoms with Gasteiger partial charge in [0.2, 0.25) is 5.91 Å². The number of nitrogens with zero attached hydrogens (tertiary/aromatic N) is 1. The molecule has 0 aromatic rings. The maximum atomic E-state index is 11.8. The van der Waals surface area contributed by atoms with E-state index in [0.717, 1.165) is 25.8 Å². The normalized spacial score (nSPS) is 27.7. The number of hydrogen-bond donors (Lipinski definition) is 2. The van der Waals surface area contributed by atoms with E-state index in [2.05, 4.69) is 5.32 Å². The molecule has 0 spiro atoms.